The van der Waals surface area contributed by atoms with Crippen LogP contribution in [0.4, 0.5) is 0 Å². The highest BCUT2D eigenvalue weighted by atomic mass is 16.5. The van der Waals surface area contributed by atoms with Crippen molar-refractivity contribution in [1.29, 1.82) is 0 Å². The second-order valence-corrected chi connectivity index (χ2v) is 12.8. The maximum atomic E-state index is 12.2. The molecule has 9 atom stereocenters. The molecule has 4 aliphatic rings. The Labute approximate surface area is 186 Å². The van der Waals surface area contributed by atoms with Gasteiger partial charge in [-0.3, -0.25) is 4.79 Å². The first-order valence-corrected chi connectivity index (χ1v) is 13.4. The van der Waals surface area contributed by atoms with E-state index in [2.05, 4.69) is 41.5 Å². The summed E-state index contributed by atoms with van der Waals surface area (Å²) in [5.74, 6) is 5.88. The number of carbonyl (C=O) groups excluding carboxylic acids is 1. The molecule has 0 N–H and O–H groups in total. The van der Waals surface area contributed by atoms with Crippen molar-refractivity contribution in [1.82, 2.24) is 0 Å². The summed E-state index contributed by atoms with van der Waals surface area (Å²) in [6.45, 7) is 14.7. The molecule has 3 aliphatic carbocycles. The van der Waals surface area contributed by atoms with Crippen LogP contribution in [0.15, 0.2) is 0 Å². The van der Waals surface area contributed by atoms with Gasteiger partial charge < -0.3 is 4.74 Å². The summed E-state index contributed by atoms with van der Waals surface area (Å²) in [6.07, 6.45) is 14.4. The molecule has 3 saturated carbocycles. The van der Waals surface area contributed by atoms with E-state index in [-0.39, 0.29) is 12.1 Å². The first-order chi connectivity index (χ1) is 14.2. The molecule has 9 unspecified atom stereocenters. The molecule has 1 saturated heterocycles. The van der Waals surface area contributed by atoms with E-state index >= 15 is 0 Å². The Kier molecular flexibility index (Phi) is 6.37. The van der Waals surface area contributed by atoms with Crippen LogP contribution in [0.2, 0.25) is 0 Å². The van der Waals surface area contributed by atoms with Gasteiger partial charge >= 0.3 is 5.97 Å². The third-order valence-corrected chi connectivity index (χ3v) is 10.9. The number of fused-ring (bicyclic) bond motifs is 5. The van der Waals surface area contributed by atoms with Crippen molar-refractivity contribution in [2.75, 3.05) is 0 Å². The molecule has 0 amide bonds. The molecule has 30 heavy (non-hydrogen) atoms. The molecule has 0 aromatic rings. The van der Waals surface area contributed by atoms with E-state index < -0.39 is 0 Å². The second-order valence-electron chi connectivity index (χ2n) is 12.8. The Morgan fingerprint density at radius 1 is 0.900 bits per heavy atom. The molecule has 0 aromatic carbocycles. The van der Waals surface area contributed by atoms with Crippen molar-refractivity contribution in [2.45, 2.75) is 118 Å². The van der Waals surface area contributed by atoms with Gasteiger partial charge in [-0.25, -0.2) is 0 Å². The molecule has 0 aromatic heterocycles. The van der Waals surface area contributed by atoms with Gasteiger partial charge in [0.2, 0.25) is 0 Å². The molecule has 2 heteroatoms. The number of hydrogen-bond donors (Lipinski definition) is 0. The molecule has 1 heterocycles. The number of esters is 1. The topological polar surface area (TPSA) is 26.3 Å². The van der Waals surface area contributed by atoms with E-state index in [1.165, 1.54) is 57.8 Å². The average Bonchev–Trinajstić information content (AvgIpc) is 2.98. The highest BCUT2D eigenvalue weighted by Gasteiger charge is 2.61. The van der Waals surface area contributed by atoms with Crippen LogP contribution >= 0.6 is 0 Å². The third kappa shape index (κ3) is 3.77. The molecular formula is C28H48O2. The highest BCUT2D eigenvalue weighted by molar-refractivity contribution is 5.70. The van der Waals surface area contributed by atoms with E-state index in [0.717, 1.165) is 41.9 Å². The largest absolute Gasteiger partial charge is 0.462 e. The van der Waals surface area contributed by atoms with Crippen molar-refractivity contribution >= 4 is 5.97 Å². The summed E-state index contributed by atoms with van der Waals surface area (Å²) in [5.41, 5.74) is 0.862. The van der Waals surface area contributed by atoms with E-state index in [9.17, 15) is 4.79 Å². The third-order valence-electron chi connectivity index (χ3n) is 10.9. The number of carbonyl (C=O) groups is 1. The van der Waals surface area contributed by atoms with Crippen LogP contribution in [0.1, 0.15) is 112 Å². The summed E-state index contributed by atoms with van der Waals surface area (Å²) in [7, 11) is 0. The zero-order valence-electron chi connectivity index (χ0n) is 20.7. The molecule has 4 fully saturated rings. The smallest absolute Gasteiger partial charge is 0.306 e. The molecule has 1 aliphatic heterocycles. The fourth-order valence-corrected chi connectivity index (χ4v) is 9.37. The van der Waals surface area contributed by atoms with Gasteiger partial charge in [-0.2, -0.15) is 0 Å². The van der Waals surface area contributed by atoms with Crippen LogP contribution in [0.25, 0.3) is 0 Å². The fraction of sp³-hybridized carbons (Fsp3) is 0.964. The predicted octanol–water partition coefficient (Wildman–Crippen LogP) is 7.65. The Bertz CT molecular complexity index is 626. The first kappa shape index (κ1) is 22.7. The maximum Gasteiger partial charge on any atom is 0.306 e. The molecular weight excluding hydrogens is 368 g/mol. The van der Waals surface area contributed by atoms with Gasteiger partial charge in [0.1, 0.15) is 6.10 Å². The van der Waals surface area contributed by atoms with Crippen LogP contribution in [-0.4, -0.2) is 12.1 Å². The van der Waals surface area contributed by atoms with Crippen LogP contribution in [-0.2, 0) is 9.53 Å². The number of ether oxygens (including phenoxy) is 1. The summed E-state index contributed by atoms with van der Waals surface area (Å²) >= 11 is 0. The Morgan fingerprint density at radius 2 is 1.60 bits per heavy atom. The lowest BCUT2D eigenvalue weighted by Crippen LogP contribution is -2.53. The fourth-order valence-electron chi connectivity index (χ4n) is 9.37. The van der Waals surface area contributed by atoms with Crippen molar-refractivity contribution in [3.63, 3.8) is 0 Å². The Balaban J connectivity index is 1.50. The van der Waals surface area contributed by atoms with Crippen molar-refractivity contribution < 1.29 is 9.53 Å². The predicted molar refractivity (Wildman–Crippen MR) is 124 cm³/mol. The van der Waals surface area contributed by atoms with Crippen LogP contribution < -0.4 is 0 Å². The molecule has 4 rings (SSSR count). The minimum atomic E-state index is 0.0477. The number of cyclic esters (lactones) is 1. The monoisotopic (exact) mass is 416 g/mol. The van der Waals surface area contributed by atoms with Gasteiger partial charge in [-0.15, -0.1) is 0 Å². The summed E-state index contributed by atoms with van der Waals surface area (Å²) in [4.78, 5) is 12.2. The minimum absolute atomic E-state index is 0.0477. The second kappa shape index (κ2) is 8.43. The molecule has 172 valence electrons. The standard InChI is InChI=1S/C28H48O2/c1-18(2)8-7-9-19(3)22-12-13-24-21-10-11-23-20(4)30-26(29)15-17-28(23,6)25(21)14-16-27(22,24)5/h18-25H,7-17H2,1-6H3. The van der Waals surface area contributed by atoms with Crippen LogP contribution in [0.5, 0.6) is 0 Å². The quantitative estimate of drug-likeness (QED) is 0.430. The van der Waals surface area contributed by atoms with Gasteiger partial charge in [0.15, 0.2) is 0 Å². The molecule has 2 nitrogen and oxygen atoms in total. The average molecular weight is 417 g/mol. The Hall–Kier alpha value is -0.530. The van der Waals surface area contributed by atoms with Gasteiger partial charge in [0.05, 0.1) is 0 Å². The van der Waals surface area contributed by atoms with E-state index in [1.54, 1.807) is 0 Å². The summed E-state index contributed by atoms with van der Waals surface area (Å²) < 4.78 is 5.80. The minimum Gasteiger partial charge on any atom is -0.462 e. The Morgan fingerprint density at radius 3 is 2.33 bits per heavy atom. The normalized spacial score (nSPS) is 47.1. The van der Waals surface area contributed by atoms with E-state index in [4.69, 9.17) is 4.74 Å². The van der Waals surface area contributed by atoms with Gasteiger partial charge in [-0.05, 0) is 98.2 Å². The van der Waals surface area contributed by atoms with Crippen molar-refractivity contribution in [2.24, 2.45) is 52.3 Å². The lowest BCUT2D eigenvalue weighted by molar-refractivity contribution is -0.153. The summed E-state index contributed by atoms with van der Waals surface area (Å²) in [6, 6.07) is 0. The van der Waals surface area contributed by atoms with Gasteiger partial charge in [-0.1, -0.05) is 53.9 Å². The van der Waals surface area contributed by atoms with Crippen LogP contribution in [0.3, 0.4) is 0 Å². The van der Waals surface area contributed by atoms with E-state index in [0.29, 0.717) is 23.2 Å². The number of rotatable bonds is 5. The van der Waals surface area contributed by atoms with Gasteiger partial charge in [0, 0.05) is 12.3 Å². The summed E-state index contributed by atoms with van der Waals surface area (Å²) in [5, 5.41) is 0. The zero-order valence-corrected chi connectivity index (χ0v) is 20.7. The number of hydrogen-bond acceptors (Lipinski definition) is 2. The zero-order chi connectivity index (χ0) is 21.7. The van der Waals surface area contributed by atoms with Crippen molar-refractivity contribution in [3.8, 4) is 0 Å². The lowest BCUT2D eigenvalue weighted by Gasteiger charge is -2.59. The molecule has 0 bridgehead atoms. The maximum absolute atomic E-state index is 12.2. The SMILES string of the molecule is CC(C)CCCC(C)C1CCC2C3CCC4C(C)OC(=O)CCC4(C)C3CCC12C. The lowest BCUT2D eigenvalue weighted by atomic mass is 9.45. The highest BCUT2D eigenvalue weighted by Crippen LogP contribution is 2.68. The van der Waals surface area contributed by atoms with Gasteiger partial charge in [0.25, 0.3) is 0 Å². The van der Waals surface area contributed by atoms with E-state index in [1.807, 2.05) is 0 Å². The molecule has 0 spiro atoms. The molecule has 0 radical (unpaired) electrons. The van der Waals surface area contributed by atoms with Crippen LogP contribution in [0, 0.1) is 52.3 Å². The van der Waals surface area contributed by atoms with Crippen molar-refractivity contribution in [3.05, 3.63) is 0 Å². The first-order valence-electron chi connectivity index (χ1n) is 13.4.